The maximum absolute atomic E-state index is 12.2. The molecule has 1 aliphatic heterocycles. The number of aryl methyl sites for hydroxylation is 1. The van der Waals surface area contributed by atoms with E-state index in [2.05, 4.69) is 16.8 Å². The highest BCUT2D eigenvalue weighted by Crippen LogP contribution is 2.19. The lowest BCUT2D eigenvalue weighted by molar-refractivity contribution is -0.144. The number of sulfone groups is 1. The third-order valence-corrected chi connectivity index (χ3v) is 6.40. The summed E-state index contributed by atoms with van der Waals surface area (Å²) < 4.78 is 29.8. The highest BCUT2D eigenvalue weighted by Gasteiger charge is 2.29. The molecule has 0 spiro atoms. The zero-order valence-electron chi connectivity index (χ0n) is 16.3. The van der Waals surface area contributed by atoms with Crippen LogP contribution in [0.4, 0.5) is 0 Å². The van der Waals surface area contributed by atoms with Gasteiger partial charge < -0.3 is 14.6 Å². The van der Waals surface area contributed by atoms with Crippen molar-refractivity contribution in [3.8, 4) is 6.07 Å². The maximum Gasteiger partial charge on any atom is 0.349 e. The number of hydrogen-bond acceptors (Lipinski definition) is 6. The van der Waals surface area contributed by atoms with E-state index >= 15 is 0 Å². The number of carbonyl (C=O) groups is 2. The van der Waals surface area contributed by atoms with Crippen LogP contribution in [0, 0.1) is 25.2 Å². The van der Waals surface area contributed by atoms with Gasteiger partial charge in [0.1, 0.15) is 11.6 Å². The summed E-state index contributed by atoms with van der Waals surface area (Å²) in [7, 11) is -3.11. The highest BCUT2D eigenvalue weighted by atomic mass is 32.2. The van der Waals surface area contributed by atoms with Crippen LogP contribution in [0.15, 0.2) is 11.6 Å². The van der Waals surface area contributed by atoms with Crippen LogP contribution in [0.25, 0.3) is 6.08 Å². The number of ether oxygens (including phenoxy) is 1. The standard InChI is InChI=1S/C19H25N3O5S/c1-4-6-22-13(2)8-15(14(22)3)9-16(10-20)19(24)27-11-18(23)21-17-5-7-28(25,26)12-17/h8-9,17H,4-7,11-12H2,1-3H3,(H,21,23)/b16-9+/t17-/m0/s1. The molecular weight excluding hydrogens is 382 g/mol. The van der Waals surface area contributed by atoms with Crippen molar-refractivity contribution in [2.75, 3.05) is 18.1 Å². The molecule has 1 saturated heterocycles. The van der Waals surface area contributed by atoms with Crippen molar-refractivity contribution >= 4 is 27.8 Å². The van der Waals surface area contributed by atoms with Gasteiger partial charge in [0.05, 0.1) is 11.5 Å². The molecule has 1 aromatic rings. The number of nitriles is 1. The third kappa shape index (κ3) is 5.45. The molecule has 0 radical (unpaired) electrons. The zero-order chi connectivity index (χ0) is 20.9. The van der Waals surface area contributed by atoms with Crippen molar-refractivity contribution in [3.05, 3.63) is 28.6 Å². The van der Waals surface area contributed by atoms with Crippen molar-refractivity contribution in [1.29, 1.82) is 5.26 Å². The molecule has 1 aromatic heterocycles. The first-order valence-corrected chi connectivity index (χ1v) is 10.9. The molecule has 8 nitrogen and oxygen atoms in total. The summed E-state index contributed by atoms with van der Waals surface area (Å²) in [5, 5.41) is 11.8. The first kappa shape index (κ1) is 21.7. The Morgan fingerprint density at radius 3 is 2.71 bits per heavy atom. The van der Waals surface area contributed by atoms with Gasteiger partial charge in [0.2, 0.25) is 0 Å². The Hall–Kier alpha value is -2.60. The van der Waals surface area contributed by atoms with Crippen molar-refractivity contribution < 1.29 is 22.7 Å². The van der Waals surface area contributed by atoms with E-state index < -0.39 is 34.4 Å². The van der Waals surface area contributed by atoms with Gasteiger partial charge in [0.25, 0.3) is 5.91 Å². The molecule has 1 N–H and O–H groups in total. The number of nitrogens with one attached hydrogen (secondary N) is 1. The quantitative estimate of drug-likeness (QED) is 0.413. The molecule has 152 valence electrons. The Morgan fingerprint density at radius 1 is 1.43 bits per heavy atom. The summed E-state index contributed by atoms with van der Waals surface area (Å²) in [6.07, 6.45) is 2.76. The van der Waals surface area contributed by atoms with E-state index in [0.29, 0.717) is 6.42 Å². The van der Waals surface area contributed by atoms with Gasteiger partial charge in [-0.25, -0.2) is 13.2 Å². The van der Waals surface area contributed by atoms with E-state index in [-0.39, 0.29) is 17.1 Å². The second kappa shape index (κ2) is 9.06. The Kier molecular flexibility index (Phi) is 7.02. The summed E-state index contributed by atoms with van der Waals surface area (Å²) in [4.78, 5) is 24.0. The van der Waals surface area contributed by atoms with Crippen LogP contribution in [0.3, 0.4) is 0 Å². The van der Waals surface area contributed by atoms with Crippen LogP contribution in [0.1, 0.15) is 36.7 Å². The smallest absolute Gasteiger partial charge is 0.349 e. The molecule has 2 heterocycles. The average molecular weight is 407 g/mol. The third-order valence-electron chi connectivity index (χ3n) is 4.63. The van der Waals surface area contributed by atoms with Gasteiger partial charge in [-0.1, -0.05) is 6.92 Å². The lowest BCUT2D eigenvalue weighted by atomic mass is 10.1. The van der Waals surface area contributed by atoms with Crippen molar-refractivity contribution in [1.82, 2.24) is 9.88 Å². The van der Waals surface area contributed by atoms with E-state index in [4.69, 9.17) is 4.74 Å². The SMILES string of the molecule is CCCn1c(C)cc(/C=C(\C#N)C(=O)OCC(=O)N[C@H]2CCS(=O)(=O)C2)c1C. The molecule has 0 aromatic carbocycles. The summed E-state index contributed by atoms with van der Waals surface area (Å²) in [6, 6.07) is 3.24. The van der Waals surface area contributed by atoms with Crippen LogP contribution in [-0.4, -0.2) is 49.0 Å². The normalized spacial score (nSPS) is 18.5. The van der Waals surface area contributed by atoms with E-state index in [1.165, 1.54) is 6.08 Å². The fourth-order valence-corrected chi connectivity index (χ4v) is 4.89. The minimum atomic E-state index is -3.11. The summed E-state index contributed by atoms with van der Waals surface area (Å²) in [6.45, 7) is 6.21. The molecule has 1 atom stereocenters. The molecule has 0 unspecified atom stereocenters. The molecular formula is C19H25N3O5S. The van der Waals surface area contributed by atoms with Crippen molar-refractivity contribution in [3.63, 3.8) is 0 Å². The maximum atomic E-state index is 12.2. The van der Waals surface area contributed by atoms with Crippen LogP contribution in [0.5, 0.6) is 0 Å². The fraction of sp³-hybridized carbons (Fsp3) is 0.526. The topological polar surface area (TPSA) is 118 Å². The van der Waals surface area contributed by atoms with Gasteiger partial charge in [-0.05, 0) is 44.4 Å². The Balaban J connectivity index is 1.98. The highest BCUT2D eigenvalue weighted by molar-refractivity contribution is 7.91. The van der Waals surface area contributed by atoms with E-state index in [0.717, 1.165) is 29.9 Å². The van der Waals surface area contributed by atoms with Gasteiger partial charge in [-0.3, -0.25) is 4.79 Å². The molecule has 1 amide bonds. The predicted molar refractivity (Wildman–Crippen MR) is 104 cm³/mol. The fourth-order valence-electron chi connectivity index (χ4n) is 3.22. The van der Waals surface area contributed by atoms with E-state index in [1.54, 1.807) is 0 Å². The average Bonchev–Trinajstić information content (AvgIpc) is 3.10. The first-order chi connectivity index (χ1) is 13.2. The summed E-state index contributed by atoms with van der Waals surface area (Å²) in [5.74, 6) is -1.55. The number of esters is 1. The number of nitrogens with zero attached hydrogens (tertiary/aromatic N) is 2. The Bertz CT molecular complexity index is 938. The molecule has 0 saturated carbocycles. The lowest BCUT2D eigenvalue weighted by Gasteiger charge is -2.10. The first-order valence-electron chi connectivity index (χ1n) is 9.12. The molecule has 0 bridgehead atoms. The second-order valence-corrected chi connectivity index (χ2v) is 9.12. The Labute approximate surface area is 165 Å². The van der Waals surface area contributed by atoms with Crippen LogP contribution < -0.4 is 5.32 Å². The van der Waals surface area contributed by atoms with E-state index in [1.807, 2.05) is 26.0 Å². The van der Waals surface area contributed by atoms with Crippen LogP contribution in [-0.2, 0) is 30.7 Å². The molecule has 2 rings (SSSR count). The number of carbonyl (C=O) groups excluding carboxylic acids is 2. The van der Waals surface area contributed by atoms with E-state index in [9.17, 15) is 23.3 Å². The van der Waals surface area contributed by atoms with Crippen molar-refractivity contribution in [2.45, 2.75) is 46.2 Å². The van der Waals surface area contributed by atoms with Gasteiger partial charge in [0, 0.05) is 24.0 Å². The monoisotopic (exact) mass is 407 g/mol. The molecule has 1 fully saturated rings. The number of aromatic nitrogens is 1. The van der Waals surface area contributed by atoms with Crippen LogP contribution >= 0.6 is 0 Å². The minimum absolute atomic E-state index is 0.0372. The van der Waals surface area contributed by atoms with Gasteiger partial charge in [-0.15, -0.1) is 0 Å². The van der Waals surface area contributed by atoms with Gasteiger partial charge in [-0.2, -0.15) is 5.26 Å². The van der Waals surface area contributed by atoms with Crippen molar-refractivity contribution in [2.24, 2.45) is 0 Å². The molecule has 28 heavy (non-hydrogen) atoms. The summed E-state index contributed by atoms with van der Waals surface area (Å²) in [5.41, 5.74) is 2.52. The molecule has 9 heteroatoms. The van der Waals surface area contributed by atoms with Crippen LogP contribution in [0.2, 0.25) is 0 Å². The Morgan fingerprint density at radius 2 is 2.14 bits per heavy atom. The zero-order valence-corrected chi connectivity index (χ0v) is 17.1. The second-order valence-electron chi connectivity index (χ2n) is 6.89. The molecule has 0 aliphatic carbocycles. The molecule has 1 aliphatic rings. The lowest BCUT2D eigenvalue weighted by Crippen LogP contribution is -2.38. The van der Waals surface area contributed by atoms with Gasteiger partial charge in [0.15, 0.2) is 16.4 Å². The number of amides is 1. The van der Waals surface area contributed by atoms with Gasteiger partial charge >= 0.3 is 5.97 Å². The number of rotatable bonds is 7. The largest absolute Gasteiger partial charge is 0.451 e. The number of hydrogen-bond donors (Lipinski definition) is 1. The summed E-state index contributed by atoms with van der Waals surface area (Å²) >= 11 is 0. The predicted octanol–water partition coefficient (Wildman–Crippen LogP) is 1.27. The minimum Gasteiger partial charge on any atom is -0.451 e.